The van der Waals surface area contributed by atoms with Crippen LogP contribution in [0.5, 0.6) is 5.75 Å². The van der Waals surface area contributed by atoms with Crippen LogP contribution in [-0.2, 0) is 17.8 Å². The van der Waals surface area contributed by atoms with Gasteiger partial charge >= 0.3 is 5.63 Å². The lowest BCUT2D eigenvalue weighted by molar-refractivity contribution is -0.120. The van der Waals surface area contributed by atoms with Gasteiger partial charge in [0.25, 0.3) is 0 Å². The molecular weight excluding hydrogens is 442 g/mol. The minimum atomic E-state index is -0.435. The van der Waals surface area contributed by atoms with Gasteiger partial charge in [-0.3, -0.25) is 14.6 Å². The zero-order chi connectivity index (χ0) is 24.2. The molecule has 3 heterocycles. The summed E-state index contributed by atoms with van der Waals surface area (Å²) in [4.78, 5) is 32.6. The number of nitrogens with zero attached hydrogens (tertiary/aromatic N) is 3. The molecule has 3 aromatic rings. The zero-order valence-electron chi connectivity index (χ0n) is 20.4. The van der Waals surface area contributed by atoms with E-state index >= 15 is 0 Å². The summed E-state index contributed by atoms with van der Waals surface area (Å²) in [5, 5.41) is 0.861. The van der Waals surface area contributed by atoms with Gasteiger partial charge in [0.15, 0.2) is 0 Å². The third kappa shape index (κ3) is 5.26. The number of rotatable bonds is 7. The van der Waals surface area contributed by atoms with Crippen molar-refractivity contribution in [3.63, 3.8) is 0 Å². The Labute approximate surface area is 205 Å². The van der Waals surface area contributed by atoms with Crippen LogP contribution in [-0.4, -0.2) is 61.6 Å². The first-order chi connectivity index (χ1) is 17.1. The lowest BCUT2D eigenvalue weighted by Crippen LogP contribution is -2.51. The summed E-state index contributed by atoms with van der Waals surface area (Å²) in [6.07, 6.45) is 2.49. The highest BCUT2D eigenvalue weighted by atomic mass is 16.5. The molecule has 1 aromatic heterocycles. The molecule has 1 saturated heterocycles. The fraction of sp³-hybridized carbons (Fsp3) is 0.429. The van der Waals surface area contributed by atoms with Crippen molar-refractivity contribution < 1.29 is 13.9 Å². The number of hydrogen-bond acceptors (Lipinski definition) is 6. The number of benzene rings is 2. The highest BCUT2D eigenvalue weighted by Gasteiger charge is 2.30. The maximum absolute atomic E-state index is 13.4. The second kappa shape index (κ2) is 10.6. The highest BCUT2D eigenvalue weighted by Crippen LogP contribution is 2.33. The van der Waals surface area contributed by atoms with Crippen molar-refractivity contribution in [2.24, 2.45) is 0 Å². The molecule has 0 saturated carbocycles. The number of anilines is 1. The Balaban J connectivity index is 1.28. The van der Waals surface area contributed by atoms with Crippen LogP contribution in [0.15, 0.2) is 57.7 Å². The molecule has 2 aliphatic heterocycles. The summed E-state index contributed by atoms with van der Waals surface area (Å²) >= 11 is 0. The maximum Gasteiger partial charge on any atom is 0.360 e. The molecule has 5 rings (SSSR count). The van der Waals surface area contributed by atoms with Gasteiger partial charge in [0.2, 0.25) is 5.91 Å². The molecule has 0 unspecified atom stereocenters. The Kier molecular flexibility index (Phi) is 7.16. The average molecular weight is 476 g/mol. The van der Waals surface area contributed by atoms with Crippen molar-refractivity contribution in [3.05, 3.63) is 70.1 Å². The first-order valence-corrected chi connectivity index (χ1v) is 12.6. The summed E-state index contributed by atoms with van der Waals surface area (Å²) in [6.45, 7) is 8.01. The van der Waals surface area contributed by atoms with Gasteiger partial charge in [-0.25, -0.2) is 4.79 Å². The van der Waals surface area contributed by atoms with E-state index in [1.807, 2.05) is 18.2 Å². The highest BCUT2D eigenvalue weighted by molar-refractivity contribution is 5.98. The number of carbonyl (C=O) groups is 1. The minimum absolute atomic E-state index is 0.0347. The molecule has 35 heavy (non-hydrogen) atoms. The van der Waals surface area contributed by atoms with Gasteiger partial charge in [0.05, 0.1) is 13.2 Å². The van der Waals surface area contributed by atoms with Crippen LogP contribution >= 0.6 is 0 Å². The van der Waals surface area contributed by atoms with Crippen molar-refractivity contribution in [1.29, 1.82) is 0 Å². The van der Waals surface area contributed by atoms with Crippen molar-refractivity contribution in [3.8, 4) is 5.75 Å². The normalized spacial score (nSPS) is 16.9. The van der Waals surface area contributed by atoms with Crippen LogP contribution in [0.2, 0.25) is 0 Å². The minimum Gasteiger partial charge on any atom is -0.494 e. The van der Waals surface area contributed by atoms with E-state index in [1.165, 1.54) is 5.56 Å². The Morgan fingerprint density at radius 3 is 2.54 bits per heavy atom. The standard InChI is InChI=1S/C28H33N3O4/c1-2-17-34-22-10-11-25-24(18-22)23-9-6-12-31(27(23)28(33)35-25)26(32)20-30-15-13-29(14-16-30)19-21-7-4-3-5-8-21/h3-5,7-8,10-11,18H,2,6,9,12-17,19-20H2,1H3. The summed E-state index contributed by atoms with van der Waals surface area (Å²) in [7, 11) is 0. The molecule has 0 spiro atoms. The van der Waals surface area contributed by atoms with Gasteiger partial charge in [-0.05, 0) is 48.6 Å². The van der Waals surface area contributed by atoms with E-state index in [-0.39, 0.29) is 5.91 Å². The number of ether oxygens (including phenoxy) is 1. The second-order valence-corrected chi connectivity index (χ2v) is 9.41. The summed E-state index contributed by atoms with van der Waals surface area (Å²) in [5.74, 6) is 0.722. The van der Waals surface area contributed by atoms with E-state index in [1.54, 1.807) is 11.0 Å². The topological polar surface area (TPSA) is 66.2 Å². The SMILES string of the molecule is CCCOc1ccc2oc(=O)c3c(c2c1)CCCN3C(=O)CN1CCN(Cc2ccccc2)CC1. The molecule has 2 aliphatic rings. The monoisotopic (exact) mass is 475 g/mol. The van der Waals surface area contributed by atoms with Crippen LogP contribution in [0.3, 0.4) is 0 Å². The summed E-state index contributed by atoms with van der Waals surface area (Å²) in [6, 6.07) is 16.0. The van der Waals surface area contributed by atoms with Crippen molar-refractivity contribution >= 4 is 22.6 Å². The molecule has 0 bridgehead atoms. The van der Waals surface area contributed by atoms with Gasteiger partial charge in [0.1, 0.15) is 17.0 Å². The molecule has 0 N–H and O–H groups in total. The second-order valence-electron chi connectivity index (χ2n) is 9.41. The zero-order valence-corrected chi connectivity index (χ0v) is 20.4. The first kappa shape index (κ1) is 23.6. The van der Waals surface area contributed by atoms with E-state index in [0.29, 0.717) is 31.0 Å². The number of piperazine rings is 1. The third-order valence-electron chi connectivity index (χ3n) is 6.88. The third-order valence-corrected chi connectivity index (χ3v) is 6.88. The van der Waals surface area contributed by atoms with E-state index in [0.717, 1.165) is 68.7 Å². The Bertz CT molecular complexity index is 1230. The van der Waals surface area contributed by atoms with Crippen LogP contribution in [0.1, 0.15) is 30.9 Å². The Hall–Kier alpha value is -3.16. The number of aryl methyl sites for hydroxylation is 1. The molecular formula is C28H33N3O4. The molecule has 1 fully saturated rings. The van der Waals surface area contributed by atoms with Crippen molar-refractivity contribution in [1.82, 2.24) is 9.80 Å². The van der Waals surface area contributed by atoms with E-state index < -0.39 is 5.63 Å². The number of carbonyl (C=O) groups excluding carboxylic acids is 1. The summed E-state index contributed by atoms with van der Waals surface area (Å²) in [5.41, 5.74) is 2.72. The quantitative estimate of drug-likeness (QED) is 0.486. The Morgan fingerprint density at radius 2 is 1.77 bits per heavy atom. The predicted octanol–water partition coefficient (Wildman–Crippen LogP) is 3.68. The largest absolute Gasteiger partial charge is 0.494 e. The summed E-state index contributed by atoms with van der Waals surface area (Å²) < 4.78 is 11.4. The molecule has 7 heteroatoms. The first-order valence-electron chi connectivity index (χ1n) is 12.6. The Morgan fingerprint density at radius 1 is 1.00 bits per heavy atom. The average Bonchev–Trinajstić information content (AvgIpc) is 2.89. The van der Waals surface area contributed by atoms with E-state index in [2.05, 4.69) is 41.0 Å². The molecule has 2 aromatic carbocycles. The molecule has 0 radical (unpaired) electrons. The van der Waals surface area contributed by atoms with Gasteiger partial charge in [-0.2, -0.15) is 0 Å². The lowest BCUT2D eigenvalue weighted by Gasteiger charge is -2.36. The van der Waals surface area contributed by atoms with Gasteiger partial charge in [0, 0.05) is 44.7 Å². The van der Waals surface area contributed by atoms with Crippen LogP contribution < -0.4 is 15.3 Å². The van der Waals surface area contributed by atoms with Crippen molar-refractivity contribution in [2.45, 2.75) is 32.7 Å². The molecule has 0 aliphatic carbocycles. The number of amides is 1. The number of hydrogen-bond donors (Lipinski definition) is 0. The molecule has 184 valence electrons. The molecule has 7 nitrogen and oxygen atoms in total. The van der Waals surface area contributed by atoms with Gasteiger partial charge in [-0.1, -0.05) is 37.3 Å². The molecule has 1 amide bonds. The van der Waals surface area contributed by atoms with Crippen LogP contribution in [0.25, 0.3) is 11.0 Å². The fourth-order valence-corrected chi connectivity index (χ4v) is 5.07. The van der Waals surface area contributed by atoms with Crippen LogP contribution in [0, 0.1) is 0 Å². The van der Waals surface area contributed by atoms with E-state index in [9.17, 15) is 9.59 Å². The predicted molar refractivity (Wildman–Crippen MR) is 137 cm³/mol. The fourth-order valence-electron chi connectivity index (χ4n) is 5.07. The van der Waals surface area contributed by atoms with E-state index in [4.69, 9.17) is 9.15 Å². The maximum atomic E-state index is 13.4. The number of fused-ring (bicyclic) bond motifs is 3. The van der Waals surface area contributed by atoms with Crippen molar-refractivity contribution in [2.75, 3.05) is 50.8 Å². The van der Waals surface area contributed by atoms with Crippen LogP contribution in [0.4, 0.5) is 5.69 Å². The van der Waals surface area contributed by atoms with Gasteiger partial charge in [-0.15, -0.1) is 0 Å². The lowest BCUT2D eigenvalue weighted by atomic mass is 9.98. The van der Waals surface area contributed by atoms with Gasteiger partial charge < -0.3 is 14.1 Å². The molecule has 0 atom stereocenters. The smallest absolute Gasteiger partial charge is 0.360 e.